The number of nitrogens with zero attached hydrogens (tertiary/aromatic N) is 2. The summed E-state index contributed by atoms with van der Waals surface area (Å²) in [5.41, 5.74) is 0.421. The van der Waals surface area contributed by atoms with Gasteiger partial charge in [0.15, 0.2) is 11.5 Å². The average molecular weight is 459 g/mol. The van der Waals surface area contributed by atoms with Crippen LogP contribution in [-0.4, -0.2) is 72.2 Å². The number of methoxy groups -OCH3 is 1. The molecule has 182 valence electrons. The zero-order valence-corrected chi connectivity index (χ0v) is 20.2. The highest BCUT2D eigenvalue weighted by atomic mass is 16.5. The van der Waals surface area contributed by atoms with E-state index in [0.717, 1.165) is 37.7 Å². The predicted octanol–water partition coefficient (Wildman–Crippen LogP) is 3.34. The van der Waals surface area contributed by atoms with Crippen LogP contribution in [0.25, 0.3) is 0 Å². The maximum Gasteiger partial charge on any atom is 0.312 e. The van der Waals surface area contributed by atoms with Gasteiger partial charge in [-0.25, -0.2) is 0 Å². The number of likely N-dealkylation sites (tertiary alicyclic amines) is 2. The largest absolute Gasteiger partial charge is 0.493 e. The van der Waals surface area contributed by atoms with E-state index in [9.17, 15) is 14.7 Å². The third-order valence-corrected chi connectivity index (χ3v) is 7.98. The van der Waals surface area contributed by atoms with E-state index in [1.807, 2.05) is 25.1 Å². The molecule has 1 unspecified atom stereocenters. The number of hydrogen-bond donors (Lipinski definition) is 1. The van der Waals surface area contributed by atoms with Crippen LogP contribution >= 0.6 is 0 Å². The molecule has 2 amide bonds. The summed E-state index contributed by atoms with van der Waals surface area (Å²) in [7, 11) is 1.64. The summed E-state index contributed by atoms with van der Waals surface area (Å²) in [6.45, 7) is 5.81. The van der Waals surface area contributed by atoms with Crippen LogP contribution in [0, 0.1) is 5.41 Å². The number of benzene rings is 1. The van der Waals surface area contributed by atoms with Gasteiger partial charge < -0.3 is 24.4 Å². The van der Waals surface area contributed by atoms with Gasteiger partial charge in [-0.15, -0.1) is 0 Å². The van der Waals surface area contributed by atoms with Crippen molar-refractivity contribution in [3.63, 3.8) is 0 Å². The van der Waals surface area contributed by atoms with Crippen LogP contribution in [0.15, 0.2) is 18.2 Å². The van der Waals surface area contributed by atoms with Crippen molar-refractivity contribution in [2.75, 3.05) is 33.3 Å². The van der Waals surface area contributed by atoms with E-state index >= 15 is 0 Å². The lowest BCUT2D eigenvalue weighted by molar-refractivity contribution is -0.152. The topological polar surface area (TPSA) is 79.3 Å². The normalized spacial score (nSPS) is 27.0. The minimum atomic E-state index is -0.647. The smallest absolute Gasteiger partial charge is 0.312 e. The van der Waals surface area contributed by atoms with Crippen LogP contribution in [0.5, 0.6) is 11.5 Å². The minimum absolute atomic E-state index is 0.118. The van der Waals surface area contributed by atoms with Gasteiger partial charge in [0.1, 0.15) is 0 Å². The molecule has 2 aliphatic heterocycles. The van der Waals surface area contributed by atoms with Gasteiger partial charge in [0.05, 0.1) is 19.3 Å². The van der Waals surface area contributed by atoms with Gasteiger partial charge in [-0.1, -0.05) is 13.0 Å². The first-order chi connectivity index (χ1) is 15.8. The zero-order chi connectivity index (χ0) is 23.6. The van der Waals surface area contributed by atoms with Gasteiger partial charge in [0.2, 0.25) is 0 Å². The van der Waals surface area contributed by atoms with Crippen LogP contribution in [0.3, 0.4) is 0 Å². The lowest BCUT2D eigenvalue weighted by atomic mass is 9.72. The molecule has 0 bridgehead atoms. The molecule has 1 N–H and O–H groups in total. The van der Waals surface area contributed by atoms with Crippen molar-refractivity contribution in [1.82, 2.24) is 9.80 Å². The molecule has 7 nitrogen and oxygen atoms in total. The molecule has 0 aromatic heterocycles. The molecular formula is C26H38N2O5. The van der Waals surface area contributed by atoms with Crippen molar-refractivity contribution < 1.29 is 24.2 Å². The van der Waals surface area contributed by atoms with Gasteiger partial charge in [-0.05, 0) is 69.6 Å². The second kappa shape index (κ2) is 9.92. The number of aliphatic hydroxyl groups is 1. The molecule has 1 aromatic carbocycles. The van der Waals surface area contributed by atoms with E-state index in [0.29, 0.717) is 37.7 Å². The fraction of sp³-hybridized carbons (Fsp3) is 0.692. The Morgan fingerprint density at radius 1 is 1.03 bits per heavy atom. The molecule has 2 heterocycles. The molecule has 3 fully saturated rings. The quantitative estimate of drug-likeness (QED) is 0.685. The third kappa shape index (κ3) is 4.84. The lowest BCUT2D eigenvalue weighted by Gasteiger charge is -2.34. The fourth-order valence-electron chi connectivity index (χ4n) is 5.63. The molecule has 4 rings (SSSR count). The number of ether oxygens (including phenoxy) is 2. The molecule has 33 heavy (non-hydrogen) atoms. The predicted molar refractivity (Wildman–Crippen MR) is 125 cm³/mol. The number of amides is 2. The van der Waals surface area contributed by atoms with Gasteiger partial charge in [0.25, 0.3) is 0 Å². The Labute approximate surface area is 197 Å². The summed E-state index contributed by atoms with van der Waals surface area (Å²) in [4.78, 5) is 29.3. The van der Waals surface area contributed by atoms with Crippen LogP contribution in [-0.2, 0) is 9.59 Å². The van der Waals surface area contributed by atoms with Crippen LogP contribution < -0.4 is 9.47 Å². The van der Waals surface area contributed by atoms with E-state index in [4.69, 9.17) is 9.47 Å². The Morgan fingerprint density at radius 3 is 2.33 bits per heavy atom. The summed E-state index contributed by atoms with van der Waals surface area (Å²) in [6, 6.07) is 5.90. The Kier molecular flexibility index (Phi) is 7.17. The van der Waals surface area contributed by atoms with Crippen molar-refractivity contribution in [3.05, 3.63) is 23.8 Å². The Morgan fingerprint density at radius 2 is 1.70 bits per heavy atom. The second-order valence-corrected chi connectivity index (χ2v) is 10.2. The summed E-state index contributed by atoms with van der Waals surface area (Å²) in [6.07, 6.45) is 6.99. The van der Waals surface area contributed by atoms with Gasteiger partial charge >= 0.3 is 11.8 Å². The molecule has 3 aliphatic rings. The minimum Gasteiger partial charge on any atom is -0.493 e. The summed E-state index contributed by atoms with van der Waals surface area (Å²) in [5.74, 6) is 0.414. The first-order valence-corrected chi connectivity index (χ1v) is 12.4. The number of aliphatic hydroxyl groups excluding tert-OH is 1. The standard InChI is InChI=1S/C26H38N2O5/c1-18(29)26(2)17-28(25(31)24(30)27-13-7-4-8-14-27)16-21(26)19-11-12-22(32-3)23(15-19)33-20-9-5-6-10-20/h11-12,15,18,20-21,29H,4-10,13-14,16-17H2,1-3H3/t18?,21-,26-/m0/s1. The van der Waals surface area contributed by atoms with Gasteiger partial charge in [0, 0.05) is 37.5 Å². The highest BCUT2D eigenvalue weighted by Crippen LogP contribution is 2.47. The Hall–Kier alpha value is -2.28. The Balaban J connectivity index is 1.57. The number of rotatable bonds is 5. The average Bonchev–Trinajstić information content (AvgIpc) is 3.47. The first kappa shape index (κ1) is 23.9. The number of piperidine rings is 1. The number of carbonyl (C=O) groups excluding carboxylic acids is 2. The molecule has 0 spiro atoms. The summed E-state index contributed by atoms with van der Waals surface area (Å²) < 4.78 is 11.8. The van der Waals surface area contributed by atoms with E-state index in [-0.39, 0.29) is 12.0 Å². The molecule has 1 aromatic rings. The van der Waals surface area contributed by atoms with Crippen LogP contribution in [0.1, 0.15) is 70.3 Å². The molecular weight excluding hydrogens is 420 g/mol. The molecule has 3 atom stereocenters. The maximum absolute atomic E-state index is 13.1. The van der Waals surface area contributed by atoms with Crippen molar-refractivity contribution in [3.8, 4) is 11.5 Å². The molecule has 2 saturated heterocycles. The van der Waals surface area contributed by atoms with Gasteiger partial charge in [-0.3, -0.25) is 9.59 Å². The Bertz CT molecular complexity index is 860. The maximum atomic E-state index is 13.1. The van der Waals surface area contributed by atoms with Crippen molar-refractivity contribution in [2.24, 2.45) is 5.41 Å². The number of hydrogen-bond acceptors (Lipinski definition) is 5. The molecule has 1 saturated carbocycles. The highest BCUT2D eigenvalue weighted by Gasteiger charge is 2.49. The van der Waals surface area contributed by atoms with Crippen LogP contribution in [0.4, 0.5) is 0 Å². The van der Waals surface area contributed by atoms with Crippen molar-refractivity contribution in [1.29, 1.82) is 0 Å². The molecule has 7 heteroatoms. The zero-order valence-electron chi connectivity index (χ0n) is 20.2. The van der Waals surface area contributed by atoms with Gasteiger partial charge in [-0.2, -0.15) is 0 Å². The number of carbonyl (C=O) groups is 2. The van der Waals surface area contributed by atoms with Crippen molar-refractivity contribution >= 4 is 11.8 Å². The summed E-state index contributed by atoms with van der Waals surface area (Å²) >= 11 is 0. The van der Waals surface area contributed by atoms with Crippen LogP contribution in [0.2, 0.25) is 0 Å². The fourth-order valence-corrected chi connectivity index (χ4v) is 5.63. The lowest BCUT2D eigenvalue weighted by Crippen LogP contribution is -2.47. The SMILES string of the molecule is COc1ccc([C@@H]2CN(C(=O)C(=O)N3CCCCC3)C[C@@]2(C)C(C)O)cc1OC1CCCC1. The van der Waals surface area contributed by atoms with E-state index < -0.39 is 23.3 Å². The first-order valence-electron chi connectivity index (χ1n) is 12.4. The highest BCUT2D eigenvalue weighted by molar-refractivity contribution is 6.35. The van der Waals surface area contributed by atoms with Crippen molar-refractivity contribution in [2.45, 2.75) is 76.9 Å². The monoisotopic (exact) mass is 458 g/mol. The van der Waals surface area contributed by atoms with E-state index in [1.54, 1.807) is 23.8 Å². The molecule has 0 radical (unpaired) electrons. The summed E-state index contributed by atoms with van der Waals surface area (Å²) in [5, 5.41) is 10.7. The third-order valence-electron chi connectivity index (χ3n) is 7.98. The second-order valence-electron chi connectivity index (χ2n) is 10.2. The van der Waals surface area contributed by atoms with E-state index in [1.165, 1.54) is 12.8 Å². The molecule has 1 aliphatic carbocycles. The van der Waals surface area contributed by atoms with E-state index in [2.05, 4.69) is 0 Å².